The lowest BCUT2D eigenvalue weighted by atomic mass is 9.77. The van der Waals surface area contributed by atoms with Crippen LogP contribution < -0.4 is 14.4 Å². The standard InChI is InChI=1S/C33H34N4O6/c1-41-29-12-5-3-8-22(29)20-23-9-7-11-26-31(23)34-36(32(26)25-10-4-6-13-30(25)42-2)33(38)24-14-15-27(28(21-24)37(39)40)35-16-18-43-19-17-35/h3-6,8,10,12-15,20-21,26,32H,7,9,11,16-19H2,1-2H3/b23-20-/t26-,32+/m0/s1. The Labute approximate surface area is 250 Å². The molecule has 0 unspecified atom stereocenters. The van der Waals surface area contributed by atoms with Crippen molar-refractivity contribution >= 4 is 29.1 Å². The normalized spacial score (nSPS) is 20.9. The maximum absolute atomic E-state index is 14.3. The fraction of sp³-hybridized carbons (Fsp3) is 0.333. The molecule has 3 aliphatic rings. The highest BCUT2D eigenvalue weighted by molar-refractivity contribution is 6.09. The quantitative estimate of drug-likeness (QED) is 0.253. The predicted molar refractivity (Wildman–Crippen MR) is 164 cm³/mol. The number of methoxy groups -OCH3 is 2. The number of carbonyl (C=O) groups excluding carboxylic acids is 1. The molecule has 3 aromatic rings. The van der Waals surface area contributed by atoms with Gasteiger partial charge in [0.15, 0.2) is 0 Å². The molecule has 1 saturated carbocycles. The highest BCUT2D eigenvalue weighted by atomic mass is 16.6. The summed E-state index contributed by atoms with van der Waals surface area (Å²) >= 11 is 0. The summed E-state index contributed by atoms with van der Waals surface area (Å²) in [5.74, 6) is 0.956. The van der Waals surface area contributed by atoms with Crippen LogP contribution in [0, 0.1) is 16.0 Å². The lowest BCUT2D eigenvalue weighted by molar-refractivity contribution is -0.384. The Morgan fingerprint density at radius 3 is 2.49 bits per heavy atom. The average molecular weight is 583 g/mol. The van der Waals surface area contributed by atoms with Crippen molar-refractivity contribution in [3.05, 3.63) is 99.1 Å². The smallest absolute Gasteiger partial charge is 0.293 e. The van der Waals surface area contributed by atoms with Gasteiger partial charge >= 0.3 is 0 Å². The van der Waals surface area contributed by atoms with Gasteiger partial charge in [-0.3, -0.25) is 14.9 Å². The number of hydrogen-bond acceptors (Lipinski definition) is 8. The second kappa shape index (κ2) is 12.3. The maximum Gasteiger partial charge on any atom is 0.293 e. The predicted octanol–water partition coefficient (Wildman–Crippen LogP) is 5.89. The third-order valence-electron chi connectivity index (χ3n) is 8.41. The van der Waals surface area contributed by atoms with Gasteiger partial charge in [0.1, 0.15) is 17.2 Å². The number of amides is 1. The van der Waals surface area contributed by atoms with E-state index in [9.17, 15) is 14.9 Å². The number of ether oxygens (including phenoxy) is 3. The van der Waals surface area contributed by atoms with Gasteiger partial charge in [0.25, 0.3) is 11.6 Å². The van der Waals surface area contributed by atoms with Gasteiger partial charge < -0.3 is 19.1 Å². The van der Waals surface area contributed by atoms with Crippen LogP contribution in [0.2, 0.25) is 0 Å². The molecule has 2 atom stereocenters. The van der Waals surface area contributed by atoms with E-state index in [4.69, 9.17) is 19.3 Å². The molecule has 0 N–H and O–H groups in total. The Kier molecular flexibility index (Phi) is 8.11. The van der Waals surface area contributed by atoms with Crippen molar-refractivity contribution in [1.82, 2.24) is 5.01 Å². The van der Waals surface area contributed by atoms with Crippen molar-refractivity contribution in [2.75, 3.05) is 45.4 Å². The molecule has 0 spiro atoms. The minimum atomic E-state index is -0.432. The number of allylic oxidation sites excluding steroid dienone is 1. The van der Waals surface area contributed by atoms with E-state index in [2.05, 4.69) is 6.08 Å². The van der Waals surface area contributed by atoms with Crippen LogP contribution in [0.15, 0.2) is 77.4 Å². The third kappa shape index (κ3) is 5.46. The molecule has 0 radical (unpaired) electrons. The maximum atomic E-state index is 14.3. The van der Waals surface area contributed by atoms with Crippen LogP contribution in [0.25, 0.3) is 6.08 Å². The number of hydrazone groups is 1. The summed E-state index contributed by atoms with van der Waals surface area (Å²) in [6.07, 6.45) is 4.68. The van der Waals surface area contributed by atoms with Gasteiger partial charge in [0, 0.05) is 41.8 Å². The Bertz CT molecular complexity index is 1600. The zero-order valence-corrected chi connectivity index (χ0v) is 24.3. The van der Waals surface area contributed by atoms with Crippen molar-refractivity contribution in [1.29, 1.82) is 0 Å². The van der Waals surface area contributed by atoms with Crippen molar-refractivity contribution in [3.63, 3.8) is 0 Å². The molecule has 0 bridgehead atoms. The molecular weight excluding hydrogens is 548 g/mol. The molecular formula is C33H34N4O6. The van der Waals surface area contributed by atoms with E-state index in [1.54, 1.807) is 26.4 Å². The number of benzene rings is 3. The van der Waals surface area contributed by atoms with Crippen LogP contribution in [-0.4, -0.2) is 62.1 Å². The van der Waals surface area contributed by atoms with E-state index in [0.717, 1.165) is 47.4 Å². The number of nitro groups is 1. The van der Waals surface area contributed by atoms with Gasteiger partial charge in [0.2, 0.25) is 0 Å². The number of carbonyl (C=O) groups is 1. The number of hydrogen-bond donors (Lipinski definition) is 0. The van der Waals surface area contributed by atoms with E-state index >= 15 is 0 Å². The minimum Gasteiger partial charge on any atom is -0.496 e. The van der Waals surface area contributed by atoms with Crippen LogP contribution in [0.5, 0.6) is 11.5 Å². The van der Waals surface area contributed by atoms with Crippen molar-refractivity contribution in [2.24, 2.45) is 11.0 Å². The van der Waals surface area contributed by atoms with E-state index in [-0.39, 0.29) is 17.2 Å². The van der Waals surface area contributed by atoms with Crippen LogP contribution in [0.4, 0.5) is 11.4 Å². The number of rotatable bonds is 7. The summed E-state index contributed by atoms with van der Waals surface area (Å²) in [5, 5.41) is 18.6. The molecule has 222 valence electrons. The molecule has 2 fully saturated rings. The zero-order chi connectivity index (χ0) is 29.9. The van der Waals surface area contributed by atoms with Gasteiger partial charge in [-0.1, -0.05) is 36.4 Å². The van der Waals surface area contributed by atoms with E-state index < -0.39 is 16.9 Å². The Morgan fingerprint density at radius 2 is 1.74 bits per heavy atom. The number of anilines is 1. The van der Waals surface area contributed by atoms with Crippen molar-refractivity contribution in [2.45, 2.75) is 25.3 Å². The number of para-hydroxylation sites is 2. The van der Waals surface area contributed by atoms with E-state index in [0.29, 0.717) is 37.7 Å². The molecule has 2 heterocycles. The van der Waals surface area contributed by atoms with Crippen LogP contribution in [-0.2, 0) is 4.74 Å². The van der Waals surface area contributed by atoms with Crippen LogP contribution in [0.3, 0.4) is 0 Å². The summed E-state index contributed by atoms with van der Waals surface area (Å²) in [5.41, 5.74) is 4.26. The number of nitro benzene ring substituents is 1. The first-order chi connectivity index (χ1) is 21.0. The Hall–Kier alpha value is -4.70. The van der Waals surface area contributed by atoms with Gasteiger partial charge in [-0.05, 0) is 55.2 Å². The zero-order valence-electron chi connectivity index (χ0n) is 24.3. The minimum absolute atomic E-state index is 0.0717. The molecule has 1 aliphatic carbocycles. The topological polar surface area (TPSA) is 107 Å². The molecule has 10 heteroatoms. The highest BCUT2D eigenvalue weighted by Crippen LogP contribution is 2.47. The first-order valence-corrected chi connectivity index (χ1v) is 14.5. The summed E-state index contributed by atoms with van der Waals surface area (Å²) in [4.78, 5) is 27.9. The second-order valence-electron chi connectivity index (χ2n) is 10.8. The van der Waals surface area contributed by atoms with Gasteiger partial charge in [-0.25, -0.2) is 5.01 Å². The van der Waals surface area contributed by atoms with Crippen LogP contribution >= 0.6 is 0 Å². The number of morpholine rings is 1. The Morgan fingerprint density at radius 1 is 1.02 bits per heavy atom. The van der Waals surface area contributed by atoms with E-state index in [1.165, 1.54) is 11.1 Å². The molecule has 1 saturated heterocycles. The number of nitrogens with zero attached hydrogens (tertiary/aromatic N) is 4. The summed E-state index contributed by atoms with van der Waals surface area (Å²) < 4.78 is 16.7. The molecule has 6 rings (SSSR count). The molecule has 2 aliphatic heterocycles. The monoisotopic (exact) mass is 582 g/mol. The van der Waals surface area contributed by atoms with Gasteiger partial charge in [-0.2, -0.15) is 5.10 Å². The van der Waals surface area contributed by atoms with E-state index in [1.807, 2.05) is 53.4 Å². The lowest BCUT2D eigenvalue weighted by Gasteiger charge is -2.31. The van der Waals surface area contributed by atoms with Crippen molar-refractivity contribution in [3.8, 4) is 11.5 Å². The lowest BCUT2D eigenvalue weighted by Crippen LogP contribution is -2.36. The Balaban J connectivity index is 1.43. The average Bonchev–Trinajstić information content (AvgIpc) is 3.45. The van der Waals surface area contributed by atoms with Crippen LogP contribution in [0.1, 0.15) is 46.8 Å². The van der Waals surface area contributed by atoms with Gasteiger partial charge in [-0.15, -0.1) is 0 Å². The third-order valence-corrected chi connectivity index (χ3v) is 8.41. The SMILES string of the molecule is COc1ccccc1/C=C1/CCC[C@H]2C1=NN(C(=O)c1ccc(N3CCOCC3)c([N+](=O)[O-])c1)[C@@H]2c1ccccc1OC. The fourth-order valence-electron chi connectivity index (χ4n) is 6.37. The van der Waals surface area contributed by atoms with Gasteiger partial charge in [0.05, 0.1) is 44.1 Å². The summed E-state index contributed by atoms with van der Waals surface area (Å²) in [6.45, 7) is 2.09. The molecule has 3 aromatic carbocycles. The molecule has 0 aromatic heterocycles. The second-order valence-corrected chi connectivity index (χ2v) is 10.8. The summed E-state index contributed by atoms with van der Waals surface area (Å²) in [6, 6.07) is 19.7. The molecule has 10 nitrogen and oxygen atoms in total. The molecule has 43 heavy (non-hydrogen) atoms. The first-order valence-electron chi connectivity index (χ1n) is 14.5. The first kappa shape index (κ1) is 28.4. The highest BCUT2D eigenvalue weighted by Gasteiger charge is 2.45. The number of fused-ring (bicyclic) bond motifs is 1. The largest absolute Gasteiger partial charge is 0.496 e. The fourth-order valence-corrected chi connectivity index (χ4v) is 6.37. The molecule has 1 amide bonds. The summed E-state index contributed by atoms with van der Waals surface area (Å²) in [7, 11) is 3.26. The van der Waals surface area contributed by atoms with Crippen molar-refractivity contribution < 1.29 is 23.9 Å².